The minimum absolute atomic E-state index is 0.00350. The van der Waals surface area contributed by atoms with E-state index in [1.54, 1.807) is 11.8 Å². The Kier molecular flexibility index (Phi) is 3.86. The molecule has 1 aromatic carbocycles. The number of hydrogen-bond donors (Lipinski definition) is 2. The van der Waals surface area contributed by atoms with E-state index in [0.717, 1.165) is 26.8 Å². The largest absolute Gasteiger partial charge is 0.480 e. The van der Waals surface area contributed by atoms with Gasteiger partial charge in [0.1, 0.15) is 6.54 Å². The second-order valence-corrected chi connectivity index (χ2v) is 10.7. The van der Waals surface area contributed by atoms with Crippen molar-refractivity contribution in [3.8, 4) is 0 Å². The normalized spacial score (nSPS) is 36.0. The van der Waals surface area contributed by atoms with Crippen LogP contribution < -0.4 is 4.87 Å². The van der Waals surface area contributed by atoms with Gasteiger partial charge < -0.3 is 10.1 Å². The molecule has 2 aromatic rings. The zero-order valence-corrected chi connectivity index (χ0v) is 17.3. The average Bonchev–Trinajstić information content (AvgIpc) is 3.44. The van der Waals surface area contributed by atoms with Gasteiger partial charge in [-0.15, -0.1) is 11.8 Å². The molecule has 7 atom stereocenters. The summed E-state index contributed by atoms with van der Waals surface area (Å²) in [6.45, 7) is -0.560. The van der Waals surface area contributed by atoms with Gasteiger partial charge in [-0.05, 0) is 29.7 Å². The number of carbonyl (C=O) groups is 3. The number of carbonyl (C=O) groups excluding carboxylic acids is 2. The molecule has 2 saturated carbocycles. The summed E-state index contributed by atoms with van der Waals surface area (Å²) in [6.07, 6.45) is 0.804. The number of imide groups is 1. The first-order chi connectivity index (χ1) is 14.5. The van der Waals surface area contributed by atoms with Gasteiger partial charge in [0.15, 0.2) is 0 Å². The van der Waals surface area contributed by atoms with Crippen molar-refractivity contribution in [1.82, 2.24) is 9.88 Å². The van der Waals surface area contributed by atoms with E-state index >= 15 is 0 Å². The van der Waals surface area contributed by atoms with E-state index in [4.69, 9.17) is 5.11 Å². The van der Waals surface area contributed by atoms with Gasteiger partial charge >= 0.3 is 10.8 Å². The number of nitrogens with one attached hydrogen (secondary N) is 1. The van der Waals surface area contributed by atoms with Crippen LogP contribution in [0.1, 0.15) is 22.8 Å². The average molecular weight is 443 g/mol. The van der Waals surface area contributed by atoms with Crippen molar-refractivity contribution in [1.29, 1.82) is 0 Å². The fourth-order valence-corrected chi connectivity index (χ4v) is 9.29. The van der Waals surface area contributed by atoms with Gasteiger partial charge in [0, 0.05) is 16.0 Å². The molecule has 0 spiro atoms. The van der Waals surface area contributed by atoms with E-state index in [-0.39, 0.29) is 45.6 Å². The Bertz CT molecular complexity index is 1140. The van der Waals surface area contributed by atoms with Crippen molar-refractivity contribution in [3.05, 3.63) is 50.4 Å². The van der Waals surface area contributed by atoms with Gasteiger partial charge in [0.05, 0.1) is 16.9 Å². The Balaban J connectivity index is 1.45. The maximum Gasteiger partial charge on any atom is 0.323 e. The lowest BCUT2D eigenvalue weighted by Crippen LogP contribution is -2.42. The van der Waals surface area contributed by atoms with Gasteiger partial charge in [-0.1, -0.05) is 41.7 Å². The molecule has 2 aliphatic heterocycles. The molecule has 1 aromatic heterocycles. The van der Waals surface area contributed by atoms with E-state index in [1.165, 1.54) is 11.3 Å². The zero-order valence-electron chi connectivity index (χ0n) is 15.7. The van der Waals surface area contributed by atoms with E-state index in [2.05, 4.69) is 17.1 Å². The highest BCUT2D eigenvalue weighted by Gasteiger charge is 2.69. The molecule has 3 fully saturated rings. The number of nitrogens with zero attached hydrogens (tertiary/aromatic N) is 1. The Labute approximate surface area is 179 Å². The van der Waals surface area contributed by atoms with Crippen molar-refractivity contribution >= 4 is 40.9 Å². The second kappa shape index (κ2) is 6.31. The second-order valence-electron chi connectivity index (χ2n) is 8.53. The molecule has 30 heavy (non-hydrogen) atoms. The topological polar surface area (TPSA) is 108 Å². The summed E-state index contributed by atoms with van der Waals surface area (Å²) in [5, 5.41) is 10.2. The van der Waals surface area contributed by atoms with Crippen molar-refractivity contribution in [2.45, 2.75) is 22.6 Å². The van der Waals surface area contributed by atoms with Gasteiger partial charge in [-0.3, -0.25) is 24.1 Å². The maximum absolute atomic E-state index is 13.1. The number of aromatic amines is 1. The molecular weight excluding hydrogens is 424 g/mol. The minimum atomic E-state index is -1.17. The van der Waals surface area contributed by atoms with Crippen molar-refractivity contribution < 1.29 is 19.5 Å². The number of amides is 2. The SMILES string of the molecule is O=C(O)CN1C(=O)[C@@H]2[C@H]3C[C@@H]([C@H]4Sc5[nH]c(=O)sc5[C@@H](c5ccccc5)[C@@H]34)[C@H]2C1=O. The van der Waals surface area contributed by atoms with E-state index in [9.17, 15) is 19.2 Å². The molecule has 2 N–H and O–H groups in total. The molecule has 6 rings (SSSR count). The maximum atomic E-state index is 13.1. The summed E-state index contributed by atoms with van der Waals surface area (Å²) in [7, 11) is 0. The molecule has 2 aliphatic carbocycles. The number of aliphatic carboxylic acids is 1. The molecule has 2 amide bonds. The summed E-state index contributed by atoms with van der Waals surface area (Å²) >= 11 is 2.87. The molecule has 4 aliphatic rings. The van der Waals surface area contributed by atoms with Gasteiger partial charge in [0.25, 0.3) is 0 Å². The summed E-state index contributed by atoms with van der Waals surface area (Å²) in [5.74, 6) is -2.52. The lowest BCUT2D eigenvalue weighted by molar-refractivity contribution is -0.149. The third kappa shape index (κ3) is 2.33. The molecule has 3 heterocycles. The van der Waals surface area contributed by atoms with Crippen molar-refractivity contribution in [3.63, 3.8) is 0 Å². The first-order valence-electron chi connectivity index (χ1n) is 9.97. The number of carboxylic acid groups (broad SMARTS) is 1. The van der Waals surface area contributed by atoms with Crippen LogP contribution in [0.5, 0.6) is 0 Å². The lowest BCUT2D eigenvalue weighted by Gasteiger charge is -2.43. The van der Waals surface area contributed by atoms with Gasteiger partial charge in [-0.25, -0.2) is 0 Å². The third-order valence-electron chi connectivity index (χ3n) is 7.27. The van der Waals surface area contributed by atoms with Crippen LogP contribution in [0.25, 0.3) is 0 Å². The van der Waals surface area contributed by atoms with Crippen molar-refractivity contribution in [2.24, 2.45) is 29.6 Å². The third-order valence-corrected chi connectivity index (χ3v) is 9.86. The highest BCUT2D eigenvalue weighted by Crippen LogP contribution is 2.68. The fourth-order valence-electron chi connectivity index (χ4n) is 6.40. The molecule has 154 valence electrons. The predicted octanol–water partition coefficient (Wildman–Crippen LogP) is 1.99. The molecule has 1 saturated heterocycles. The smallest absolute Gasteiger partial charge is 0.323 e. The van der Waals surface area contributed by atoms with E-state index in [1.807, 2.05) is 18.2 Å². The molecule has 7 nitrogen and oxygen atoms in total. The number of thioether (sulfide) groups is 1. The summed E-state index contributed by atoms with van der Waals surface area (Å²) in [6, 6.07) is 10.0. The van der Waals surface area contributed by atoms with Crippen LogP contribution in [-0.4, -0.2) is 44.6 Å². The van der Waals surface area contributed by atoms with Crippen LogP contribution >= 0.6 is 23.1 Å². The van der Waals surface area contributed by atoms with Crippen LogP contribution in [0, 0.1) is 29.6 Å². The Morgan fingerprint density at radius 1 is 1.10 bits per heavy atom. The van der Waals surface area contributed by atoms with Crippen LogP contribution in [-0.2, 0) is 14.4 Å². The van der Waals surface area contributed by atoms with Crippen LogP contribution in [0.3, 0.4) is 0 Å². The lowest BCUT2D eigenvalue weighted by atomic mass is 9.68. The Morgan fingerprint density at radius 3 is 2.50 bits per heavy atom. The molecule has 0 unspecified atom stereocenters. The number of likely N-dealkylation sites (tertiary alicyclic amines) is 1. The number of rotatable bonds is 3. The van der Waals surface area contributed by atoms with Crippen molar-refractivity contribution in [2.75, 3.05) is 6.54 Å². The number of benzene rings is 1. The number of carboxylic acids is 1. The van der Waals surface area contributed by atoms with Gasteiger partial charge in [0.2, 0.25) is 11.8 Å². The summed E-state index contributed by atoms with van der Waals surface area (Å²) in [5.41, 5.74) is 1.12. The first kappa shape index (κ1) is 18.4. The fraction of sp³-hybridized carbons (Fsp3) is 0.429. The predicted molar refractivity (Wildman–Crippen MR) is 109 cm³/mol. The summed E-state index contributed by atoms with van der Waals surface area (Å²) in [4.78, 5) is 54.3. The number of H-pyrrole nitrogens is 1. The number of hydrogen-bond acceptors (Lipinski definition) is 6. The van der Waals surface area contributed by atoms with E-state index < -0.39 is 24.3 Å². The van der Waals surface area contributed by atoms with Gasteiger partial charge in [-0.2, -0.15) is 0 Å². The number of fused-ring (bicyclic) bond motifs is 9. The monoisotopic (exact) mass is 442 g/mol. The Morgan fingerprint density at radius 2 is 1.80 bits per heavy atom. The number of aromatic nitrogens is 1. The summed E-state index contributed by atoms with van der Waals surface area (Å²) < 4.78 is 0. The van der Waals surface area contributed by atoms with Crippen LogP contribution in [0.15, 0.2) is 40.2 Å². The Hall–Kier alpha value is -2.39. The first-order valence-corrected chi connectivity index (χ1v) is 11.7. The molecule has 2 bridgehead atoms. The zero-order chi connectivity index (χ0) is 20.7. The van der Waals surface area contributed by atoms with Crippen LogP contribution in [0.2, 0.25) is 0 Å². The van der Waals surface area contributed by atoms with E-state index in [0.29, 0.717) is 0 Å². The highest BCUT2D eigenvalue weighted by atomic mass is 32.2. The standard InChI is InChI=1S/C21H18N2O5S2/c24-11(25)7-23-19(26)14-9-6-10(15(14)20(23)27)16-13(9)12(8-4-2-1-3-5-8)17-18(29-16)22-21(28)30-17/h1-5,9-10,12-16H,6-7H2,(H,22,28)(H,24,25)/t9-,10+,12-,13+,14+,15+,16+/m0/s1. The molecular formula is C21H18N2O5S2. The minimum Gasteiger partial charge on any atom is -0.480 e. The van der Waals surface area contributed by atoms with Crippen LogP contribution in [0.4, 0.5) is 0 Å². The molecule has 9 heteroatoms. The number of thiazole rings is 1. The molecule has 0 radical (unpaired) electrons. The highest BCUT2D eigenvalue weighted by molar-refractivity contribution is 8.00. The quantitative estimate of drug-likeness (QED) is 0.704.